The van der Waals surface area contributed by atoms with Crippen molar-refractivity contribution in [2.24, 2.45) is 0 Å². The summed E-state index contributed by atoms with van der Waals surface area (Å²) in [5, 5.41) is 30.8. The lowest BCUT2D eigenvalue weighted by Gasteiger charge is -2.41. The number of allylic oxidation sites excluding steroid dienone is 14. The van der Waals surface area contributed by atoms with Crippen molar-refractivity contribution in [2.75, 3.05) is 26.4 Å². The molecule has 0 spiro atoms. The number of aliphatic hydroxyl groups excluding tert-OH is 3. The van der Waals surface area contributed by atoms with Crippen molar-refractivity contribution in [3.05, 3.63) is 85.1 Å². The molecule has 6 unspecified atom stereocenters. The van der Waals surface area contributed by atoms with Crippen molar-refractivity contribution < 1.29 is 56.2 Å². The van der Waals surface area contributed by atoms with Crippen molar-refractivity contribution in [3.63, 3.8) is 0 Å². The van der Waals surface area contributed by atoms with Crippen molar-refractivity contribution in [2.45, 2.75) is 256 Å². The Morgan fingerprint density at radius 1 is 0.542 bits per heavy atom. The number of hydrogen-bond acceptors (Lipinski definition) is 11. The van der Waals surface area contributed by atoms with E-state index in [9.17, 15) is 33.1 Å². The average Bonchev–Trinajstić information content (AvgIpc) is 3.36. The Balaban J connectivity index is 2.33. The minimum atomic E-state index is -5.07. The average molecular weight is 1040 g/mol. The van der Waals surface area contributed by atoms with Gasteiger partial charge in [-0.1, -0.05) is 208 Å². The van der Waals surface area contributed by atoms with E-state index in [4.69, 9.17) is 18.9 Å². The molecule has 0 aromatic rings. The second kappa shape index (κ2) is 49.2. The van der Waals surface area contributed by atoms with Gasteiger partial charge in [0.25, 0.3) is 0 Å². The first-order valence-corrected chi connectivity index (χ1v) is 29.7. The van der Waals surface area contributed by atoms with E-state index in [2.05, 4.69) is 103 Å². The molecule has 13 heteroatoms. The number of unbranched alkanes of at least 4 members (excludes halogenated alkanes) is 22. The number of carbonyl (C=O) groups is 1. The predicted molar refractivity (Wildman–Crippen MR) is 294 cm³/mol. The fourth-order valence-corrected chi connectivity index (χ4v) is 8.77. The summed E-state index contributed by atoms with van der Waals surface area (Å²) in [5.74, 6) is -0.409. The Hall–Kier alpha value is -2.72. The van der Waals surface area contributed by atoms with Crippen molar-refractivity contribution in [1.29, 1.82) is 0 Å². The van der Waals surface area contributed by atoms with Crippen LogP contribution >= 0.6 is 0 Å². The van der Waals surface area contributed by atoms with Crippen LogP contribution < -0.4 is 0 Å². The fraction of sp³-hybridized carbons (Fsp3) is 0.746. The molecule has 12 nitrogen and oxygen atoms in total. The molecule has 0 aromatic heterocycles. The minimum Gasteiger partial charge on any atom is -0.457 e. The maximum Gasteiger partial charge on any atom is 0.397 e. The molecule has 72 heavy (non-hydrogen) atoms. The van der Waals surface area contributed by atoms with E-state index in [1.807, 2.05) is 0 Å². The van der Waals surface area contributed by atoms with Gasteiger partial charge in [-0.05, 0) is 89.9 Å². The van der Waals surface area contributed by atoms with Gasteiger partial charge in [-0.2, -0.15) is 8.42 Å². The normalized spacial score (nSPS) is 19.6. The first-order valence-electron chi connectivity index (χ1n) is 28.3. The van der Waals surface area contributed by atoms with E-state index in [1.165, 1.54) is 96.3 Å². The minimum absolute atomic E-state index is 0.0226. The van der Waals surface area contributed by atoms with Gasteiger partial charge < -0.3 is 34.3 Å². The molecule has 0 saturated carbocycles. The predicted octanol–water partition coefficient (Wildman–Crippen LogP) is 14.0. The molecule has 0 aliphatic carbocycles. The lowest BCUT2D eigenvalue weighted by Crippen LogP contribution is -2.60. The Bertz CT molecular complexity index is 1570. The van der Waals surface area contributed by atoms with Crippen LogP contribution in [0.4, 0.5) is 0 Å². The molecule has 1 rings (SSSR count). The number of rotatable bonds is 49. The molecule has 1 heterocycles. The summed E-state index contributed by atoms with van der Waals surface area (Å²) in [4.78, 5) is 13.0. The van der Waals surface area contributed by atoms with Crippen LogP contribution in [0.3, 0.4) is 0 Å². The molecular weight excluding hydrogens is 933 g/mol. The van der Waals surface area contributed by atoms with Crippen molar-refractivity contribution in [3.8, 4) is 0 Å². The molecule has 0 amide bonds. The molecule has 416 valence electrons. The molecule has 1 aliphatic heterocycles. The maximum absolute atomic E-state index is 13.0. The van der Waals surface area contributed by atoms with Gasteiger partial charge in [0.2, 0.25) is 0 Å². The van der Waals surface area contributed by atoms with Gasteiger partial charge in [-0.15, -0.1) is 0 Å². The third kappa shape index (κ3) is 41.6. The number of carbonyl (C=O) groups excluding carboxylic acids is 1. The molecule has 4 N–H and O–H groups in total. The van der Waals surface area contributed by atoms with E-state index < -0.39 is 59.8 Å². The molecule has 6 atom stereocenters. The second-order valence-electron chi connectivity index (χ2n) is 19.1. The van der Waals surface area contributed by atoms with Crippen molar-refractivity contribution >= 4 is 16.4 Å². The van der Waals surface area contributed by atoms with Gasteiger partial charge in [0.15, 0.2) is 6.29 Å². The van der Waals surface area contributed by atoms with Gasteiger partial charge in [-0.25, -0.2) is 4.18 Å². The molecular formula is C59H102O12S. The highest BCUT2D eigenvalue weighted by molar-refractivity contribution is 7.80. The second-order valence-corrected chi connectivity index (χ2v) is 20.2. The van der Waals surface area contributed by atoms with Crippen LogP contribution in [0.1, 0.15) is 219 Å². The third-order valence-electron chi connectivity index (χ3n) is 12.5. The fourth-order valence-electron chi connectivity index (χ4n) is 8.26. The monoisotopic (exact) mass is 1030 g/mol. The first kappa shape index (κ1) is 67.3. The van der Waals surface area contributed by atoms with Crippen LogP contribution in [-0.2, 0) is 38.3 Å². The molecule has 0 bridgehead atoms. The number of hydrogen-bond donors (Lipinski definition) is 4. The van der Waals surface area contributed by atoms with Gasteiger partial charge >= 0.3 is 16.4 Å². The number of esters is 1. The first-order chi connectivity index (χ1) is 35.1. The third-order valence-corrected chi connectivity index (χ3v) is 13.0. The lowest BCUT2D eigenvalue weighted by molar-refractivity contribution is -0.301. The van der Waals surface area contributed by atoms with Gasteiger partial charge in [0.05, 0.1) is 19.8 Å². The van der Waals surface area contributed by atoms with Gasteiger partial charge in [-0.3, -0.25) is 9.35 Å². The maximum atomic E-state index is 13.0. The van der Waals surface area contributed by atoms with Crippen LogP contribution in [0.2, 0.25) is 0 Å². The van der Waals surface area contributed by atoms with Gasteiger partial charge in [0, 0.05) is 13.0 Å². The zero-order chi connectivity index (χ0) is 52.4. The SMILES string of the molecule is CC/C=C\C/C=C\C/C=C\C/C=C\CCCCCCCCCOCC(COC1OC(CO)C(O)C(OS(=O)(=O)O)C1O)OC(=O)CCCCCCCCCCCC/C=C\C/C=C\C/C=C\CCCCCCC. The molecule has 1 fully saturated rings. The Morgan fingerprint density at radius 3 is 1.40 bits per heavy atom. The summed E-state index contributed by atoms with van der Waals surface area (Å²) in [6, 6.07) is 0. The van der Waals surface area contributed by atoms with Crippen LogP contribution in [0.5, 0.6) is 0 Å². The van der Waals surface area contributed by atoms with Crippen LogP contribution in [0, 0.1) is 0 Å². The smallest absolute Gasteiger partial charge is 0.397 e. The Kier molecular flexibility index (Phi) is 46.0. The summed E-state index contributed by atoms with van der Waals surface area (Å²) in [7, 11) is -5.07. The standard InChI is InChI=1S/C59H102O12S/c1-3-5-7-9-11-13-15-17-19-21-23-25-26-27-28-29-30-32-34-36-38-40-42-44-46-48-55(61)69-53(52-68-59-57(63)58(71-72(64,65)66)56(62)54(50-60)70-59)51-67-49-47-45-43-41-39-37-35-33-31-24-22-20-18-16-14-12-10-8-6-4-2/h6,8,12,14-15,17-18,20-21,23-24,26-27,31,53-54,56-60,62-63H,3-5,7,9-11,13,16,19,22,25,28-30,32-52H2,1-2H3,(H,64,65,66)/b8-6-,14-12-,17-15-,20-18-,23-21-,27-26-,31-24-. The molecule has 1 saturated heterocycles. The quantitative estimate of drug-likeness (QED) is 0.0196. The lowest BCUT2D eigenvalue weighted by atomic mass is 9.99. The number of ether oxygens (including phenoxy) is 4. The van der Waals surface area contributed by atoms with Crippen LogP contribution in [-0.4, -0.2) is 97.5 Å². The summed E-state index contributed by atoms with van der Waals surface area (Å²) >= 11 is 0. The highest BCUT2D eigenvalue weighted by Crippen LogP contribution is 2.26. The Labute approximate surface area is 438 Å². The zero-order valence-corrected chi connectivity index (χ0v) is 45.8. The zero-order valence-electron chi connectivity index (χ0n) is 45.0. The molecule has 0 aromatic carbocycles. The summed E-state index contributed by atoms with van der Waals surface area (Å²) in [5.41, 5.74) is 0. The van der Waals surface area contributed by atoms with Gasteiger partial charge in [0.1, 0.15) is 30.5 Å². The van der Waals surface area contributed by atoms with E-state index in [0.29, 0.717) is 13.0 Å². The van der Waals surface area contributed by atoms with E-state index in [-0.39, 0.29) is 19.6 Å². The molecule has 1 aliphatic rings. The van der Waals surface area contributed by atoms with Crippen LogP contribution in [0.25, 0.3) is 0 Å². The summed E-state index contributed by atoms with van der Waals surface area (Å²) < 4.78 is 59.4. The highest BCUT2D eigenvalue weighted by atomic mass is 32.3. The van der Waals surface area contributed by atoms with Crippen LogP contribution in [0.15, 0.2) is 85.1 Å². The van der Waals surface area contributed by atoms with E-state index in [0.717, 1.165) is 96.3 Å². The summed E-state index contributed by atoms with van der Waals surface area (Å²) in [6.07, 6.45) is 57.5. The molecule has 0 radical (unpaired) electrons. The van der Waals surface area contributed by atoms with E-state index in [1.54, 1.807) is 0 Å². The summed E-state index contributed by atoms with van der Waals surface area (Å²) in [6.45, 7) is 3.85. The number of aliphatic hydroxyl groups is 3. The van der Waals surface area contributed by atoms with Crippen molar-refractivity contribution in [1.82, 2.24) is 0 Å². The highest BCUT2D eigenvalue weighted by Gasteiger charge is 2.48. The Morgan fingerprint density at radius 2 is 0.958 bits per heavy atom. The van der Waals surface area contributed by atoms with E-state index >= 15 is 0 Å². The largest absolute Gasteiger partial charge is 0.457 e. The topological polar surface area (TPSA) is 178 Å².